The number of halogens is 3. The van der Waals surface area contributed by atoms with Gasteiger partial charge in [-0.2, -0.15) is 0 Å². The molecule has 1 aliphatic rings. The van der Waals surface area contributed by atoms with Gasteiger partial charge in [-0.25, -0.2) is 0 Å². The van der Waals surface area contributed by atoms with E-state index in [1.165, 1.54) is 6.07 Å². The van der Waals surface area contributed by atoms with Crippen LogP contribution in [0.3, 0.4) is 0 Å². The van der Waals surface area contributed by atoms with Crippen molar-refractivity contribution in [1.82, 2.24) is 0 Å². The monoisotopic (exact) mass is 274 g/mol. The van der Waals surface area contributed by atoms with Crippen LogP contribution in [-0.4, -0.2) is 25.2 Å². The minimum Gasteiger partial charge on any atom is -0.469 e. The number of rotatable bonds is 2. The second-order valence-electron chi connectivity index (χ2n) is 4.00. The molecule has 1 atom stereocenters. The lowest BCUT2D eigenvalue weighted by Crippen LogP contribution is -2.17. The maximum absolute atomic E-state index is 12.1. The Balaban J connectivity index is 2.37. The second-order valence-corrected chi connectivity index (χ2v) is 4.00. The molecule has 0 heterocycles. The van der Waals surface area contributed by atoms with Gasteiger partial charge < -0.3 is 9.47 Å². The number of carbonyl (C=O) groups is 2. The standard InChI is InChI=1S/C12H9F3O4/c1-18-11(17)9-5-10(16)7-3-2-6(4-8(7)9)19-12(13,14)15/h2-4,9H,5H2,1H3. The summed E-state index contributed by atoms with van der Waals surface area (Å²) in [6.45, 7) is 0. The van der Waals surface area contributed by atoms with E-state index in [1.807, 2.05) is 0 Å². The van der Waals surface area contributed by atoms with Crippen LogP contribution in [0.5, 0.6) is 5.75 Å². The van der Waals surface area contributed by atoms with Crippen LogP contribution in [-0.2, 0) is 9.53 Å². The van der Waals surface area contributed by atoms with Gasteiger partial charge in [-0.3, -0.25) is 9.59 Å². The minimum absolute atomic E-state index is 0.0997. The molecule has 1 aromatic carbocycles. The molecule has 4 nitrogen and oxygen atoms in total. The summed E-state index contributed by atoms with van der Waals surface area (Å²) >= 11 is 0. The van der Waals surface area contributed by atoms with Crippen molar-refractivity contribution in [3.63, 3.8) is 0 Å². The van der Waals surface area contributed by atoms with Crippen LogP contribution in [0.1, 0.15) is 28.3 Å². The molecule has 0 aliphatic heterocycles. The van der Waals surface area contributed by atoms with Crippen molar-refractivity contribution >= 4 is 11.8 Å². The van der Waals surface area contributed by atoms with E-state index in [0.29, 0.717) is 0 Å². The summed E-state index contributed by atoms with van der Waals surface area (Å²) in [7, 11) is 1.15. The molecule has 0 saturated heterocycles. The Bertz CT molecular complexity index is 536. The zero-order valence-electron chi connectivity index (χ0n) is 9.78. The first-order valence-electron chi connectivity index (χ1n) is 5.32. The van der Waals surface area contributed by atoms with E-state index in [1.54, 1.807) is 0 Å². The molecule has 0 aromatic heterocycles. The number of ether oxygens (including phenoxy) is 2. The number of alkyl halides is 3. The quantitative estimate of drug-likeness (QED) is 0.777. The zero-order chi connectivity index (χ0) is 14.2. The number of ketones is 1. The van der Waals surface area contributed by atoms with E-state index in [0.717, 1.165) is 19.2 Å². The van der Waals surface area contributed by atoms with Crippen LogP contribution < -0.4 is 4.74 Å². The maximum atomic E-state index is 12.1. The first kappa shape index (κ1) is 13.4. The summed E-state index contributed by atoms with van der Waals surface area (Å²) in [4.78, 5) is 23.1. The summed E-state index contributed by atoms with van der Waals surface area (Å²) in [5.74, 6) is -2.29. The predicted molar refractivity (Wildman–Crippen MR) is 56.8 cm³/mol. The fraction of sp³-hybridized carbons (Fsp3) is 0.333. The van der Waals surface area contributed by atoms with Gasteiger partial charge in [0.2, 0.25) is 0 Å². The minimum atomic E-state index is -4.82. The summed E-state index contributed by atoms with van der Waals surface area (Å²) in [5.41, 5.74) is 0.434. The molecule has 2 rings (SSSR count). The normalized spacial score (nSPS) is 18.1. The number of methoxy groups -OCH3 is 1. The van der Waals surface area contributed by atoms with Crippen molar-refractivity contribution in [3.8, 4) is 5.75 Å². The molecule has 1 aliphatic carbocycles. The fourth-order valence-electron chi connectivity index (χ4n) is 2.04. The van der Waals surface area contributed by atoms with Crippen LogP contribution in [0.2, 0.25) is 0 Å². The number of hydrogen-bond acceptors (Lipinski definition) is 4. The molecule has 1 unspecified atom stereocenters. The molecule has 0 bridgehead atoms. The number of esters is 1. The number of carbonyl (C=O) groups excluding carboxylic acids is 2. The van der Waals surface area contributed by atoms with E-state index < -0.39 is 24.0 Å². The summed E-state index contributed by atoms with van der Waals surface area (Å²) in [6, 6.07) is 3.32. The lowest BCUT2D eigenvalue weighted by atomic mass is 10.0. The molecule has 0 amide bonds. The highest BCUT2D eigenvalue weighted by Gasteiger charge is 2.37. The van der Waals surface area contributed by atoms with Gasteiger partial charge in [0.25, 0.3) is 0 Å². The Morgan fingerprint density at radius 2 is 2.05 bits per heavy atom. The van der Waals surface area contributed by atoms with Gasteiger partial charge in [-0.15, -0.1) is 13.2 Å². The molecule has 0 saturated carbocycles. The molecule has 0 N–H and O–H groups in total. The van der Waals surface area contributed by atoms with Crippen LogP contribution in [0.25, 0.3) is 0 Å². The molecular formula is C12H9F3O4. The Morgan fingerprint density at radius 1 is 1.37 bits per heavy atom. The summed E-state index contributed by atoms with van der Waals surface area (Å²) in [5, 5.41) is 0. The molecule has 0 fully saturated rings. The zero-order valence-corrected chi connectivity index (χ0v) is 9.78. The van der Waals surface area contributed by atoms with E-state index in [-0.39, 0.29) is 23.3 Å². The number of Topliss-reactive ketones (excluding diaryl/α,β-unsaturated/α-hetero) is 1. The van der Waals surface area contributed by atoms with Gasteiger partial charge >= 0.3 is 12.3 Å². The first-order chi connectivity index (χ1) is 8.81. The van der Waals surface area contributed by atoms with Crippen molar-refractivity contribution in [2.45, 2.75) is 18.7 Å². The highest BCUT2D eigenvalue weighted by Crippen LogP contribution is 2.37. The molecule has 0 spiro atoms. The van der Waals surface area contributed by atoms with Gasteiger partial charge in [-0.05, 0) is 23.8 Å². The smallest absolute Gasteiger partial charge is 0.469 e. The van der Waals surface area contributed by atoms with Crippen molar-refractivity contribution in [3.05, 3.63) is 29.3 Å². The average molecular weight is 274 g/mol. The summed E-state index contributed by atoms with van der Waals surface area (Å²) in [6.07, 6.45) is -4.92. The van der Waals surface area contributed by atoms with Crippen LogP contribution in [0, 0.1) is 0 Å². The maximum Gasteiger partial charge on any atom is 0.573 e. The van der Waals surface area contributed by atoms with Crippen molar-refractivity contribution in [1.29, 1.82) is 0 Å². The lowest BCUT2D eigenvalue weighted by molar-refractivity contribution is -0.274. The Kier molecular flexibility index (Phi) is 3.21. The molecule has 102 valence electrons. The third-order valence-corrected chi connectivity index (χ3v) is 2.81. The Labute approximate surface area is 106 Å². The molecule has 19 heavy (non-hydrogen) atoms. The molecule has 7 heteroatoms. The van der Waals surface area contributed by atoms with Gasteiger partial charge in [0.1, 0.15) is 5.75 Å². The number of hydrogen-bond donors (Lipinski definition) is 0. The lowest BCUT2D eigenvalue weighted by Gasteiger charge is -2.12. The molecule has 1 aromatic rings. The van der Waals surface area contributed by atoms with E-state index >= 15 is 0 Å². The molecule has 0 radical (unpaired) electrons. The van der Waals surface area contributed by atoms with Crippen LogP contribution >= 0.6 is 0 Å². The Morgan fingerprint density at radius 3 is 2.63 bits per heavy atom. The largest absolute Gasteiger partial charge is 0.573 e. The van der Waals surface area contributed by atoms with Crippen molar-refractivity contribution in [2.24, 2.45) is 0 Å². The Hall–Kier alpha value is -2.05. The predicted octanol–water partition coefficient (Wildman–Crippen LogP) is 2.43. The number of benzene rings is 1. The van der Waals surface area contributed by atoms with E-state index in [4.69, 9.17) is 0 Å². The highest BCUT2D eigenvalue weighted by atomic mass is 19.4. The van der Waals surface area contributed by atoms with Crippen molar-refractivity contribution < 1.29 is 32.2 Å². The van der Waals surface area contributed by atoms with Gasteiger partial charge in [-0.1, -0.05) is 0 Å². The third-order valence-electron chi connectivity index (χ3n) is 2.81. The second kappa shape index (κ2) is 4.56. The van der Waals surface area contributed by atoms with Gasteiger partial charge in [0, 0.05) is 12.0 Å². The fourth-order valence-corrected chi connectivity index (χ4v) is 2.04. The average Bonchev–Trinajstić information content (AvgIpc) is 2.63. The van der Waals surface area contributed by atoms with Crippen molar-refractivity contribution in [2.75, 3.05) is 7.11 Å². The van der Waals surface area contributed by atoms with E-state index in [2.05, 4.69) is 9.47 Å². The number of fused-ring (bicyclic) bond motifs is 1. The van der Waals surface area contributed by atoms with Crippen LogP contribution in [0.4, 0.5) is 13.2 Å². The highest BCUT2D eigenvalue weighted by molar-refractivity contribution is 6.06. The van der Waals surface area contributed by atoms with Gasteiger partial charge in [0.15, 0.2) is 5.78 Å². The SMILES string of the molecule is COC(=O)C1CC(=O)c2ccc(OC(F)(F)F)cc21. The van der Waals surface area contributed by atoms with E-state index in [9.17, 15) is 22.8 Å². The summed E-state index contributed by atoms with van der Waals surface area (Å²) < 4.78 is 44.6. The van der Waals surface area contributed by atoms with Crippen LogP contribution in [0.15, 0.2) is 18.2 Å². The first-order valence-corrected chi connectivity index (χ1v) is 5.32. The topological polar surface area (TPSA) is 52.6 Å². The van der Waals surface area contributed by atoms with Gasteiger partial charge in [0.05, 0.1) is 13.0 Å². The molecular weight excluding hydrogens is 265 g/mol. The third kappa shape index (κ3) is 2.69.